The van der Waals surface area contributed by atoms with E-state index < -0.39 is 0 Å². The molecule has 0 amide bonds. The second-order valence-electron chi connectivity index (χ2n) is 8.19. The van der Waals surface area contributed by atoms with Crippen molar-refractivity contribution in [3.8, 4) is 0 Å². The van der Waals surface area contributed by atoms with E-state index in [0.29, 0.717) is 31.4 Å². The lowest BCUT2D eigenvalue weighted by atomic mass is 9.94. The number of rotatable bonds is 7. The van der Waals surface area contributed by atoms with Gasteiger partial charge in [0.05, 0.1) is 38.2 Å². The van der Waals surface area contributed by atoms with E-state index in [-0.39, 0.29) is 30.0 Å². The molecule has 2 N–H and O–H groups in total. The number of hydrogen-bond acceptors (Lipinski definition) is 5. The Morgan fingerprint density at radius 2 is 1.89 bits per heavy atom. The third-order valence-corrected chi connectivity index (χ3v) is 6.26. The van der Waals surface area contributed by atoms with Gasteiger partial charge in [-0.05, 0) is 25.8 Å². The van der Waals surface area contributed by atoms with Crippen LogP contribution in [0.2, 0.25) is 0 Å². The molecular weight excluding hydrogens is 366 g/mol. The molecule has 2 aromatic heterocycles. The van der Waals surface area contributed by atoms with Crippen LogP contribution in [0.4, 0.5) is 0 Å². The minimum Gasteiger partial charge on any atom is -0.396 e. The third-order valence-electron chi connectivity index (χ3n) is 5.03. The molecule has 7 nitrogen and oxygen atoms in total. The van der Waals surface area contributed by atoms with Crippen molar-refractivity contribution < 1.29 is 14.7 Å². The highest BCUT2D eigenvalue weighted by molar-refractivity contribution is 7.18. The summed E-state index contributed by atoms with van der Waals surface area (Å²) < 4.78 is 8.98. The Hall–Kier alpha value is -1.48. The van der Waals surface area contributed by atoms with Gasteiger partial charge in [-0.25, -0.2) is 4.79 Å². The second kappa shape index (κ2) is 7.87. The summed E-state index contributed by atoms with van der Waals surface area (Å²) in [4.78, 5) is 29.3. The maximum absolute atomic E-state index is 13.2. The summed E-state index contributed by atoms with van der Waals surface area (Å²) in [6, 6.07) is 0. The van der Waals surface area contributed by atoms with Crippen LogP contribution >= 0.6 is 11.3 Å². The zero-order valence-corrected chi connectivity index (χ0v) is 17.4. The average molecular weight is 397 g/mol. The summed E-state index contributed by atoms with van der Waals surface area (Å²) in [5, 5.41) is 9.84. The molecule has 2 aromatic rings. The highest BCUT2D eigenvalue weighted by Gasteiger charge is 2.31. The summed E-state index contributed by atoms with van der Waals surface area (Å²) in [5.74, 6) is 0. The van der Waals surface area contributed by atoms with Gasteiger partial charge in [-0.15, -0.1) is 11.3 Å². The highest BCUT2D eigenvalue weighted by atomic mass is 32.1. The Morgan fingerprint density at radius 3 is 2.56 bits per heavy atom. The lowest BCUT2D eigenvalue weighted by Gasteiger charge is -2.29. The standard InChI is InChI=1S/C19H29N3O4S/c1-19(2)11-13-14(12-26-19)27-17-15(13)16(24)21(9-6-10-23)18(25)22(17)8-5-7-20(3)4/h23H,5-12H2,1-4H3/p+1. The van der Waals surface area contributed by atoms with Crippen molar-refractivity contribution in [2.75, 3.05) is 27.2 Å². The maximum Gasteiger partial charge on any atom is 0.332 e. The molecule has 27 heavy (non-hydrogen) atoms. The van der Waals surface area contributed by atoms with E-state index in [2.05, 4.69) is 14.1 Å². The fourth-order valence-corrected chi connectivity index (χ4v) is 4.86. The number of thiophene rings is 1. The number of quaternary nitrogens is 1. The molecular formula is C19H30N3O4S+. The molecule has 1 aliphatic rings. The van der Waals surface area contributed by atoms with Crippen LogP contribution in [0.5, 0.6) is 0 Å². The molecule has 0 saturated heterocycles. The van der Waals surface area contributed by atoms with Crippen LogP contribution in [0, 0.1) is 0 Å². The van der Waals surface area contributed by atoms with E-state index >= 15 is 0 Å². The van der Waals surface area contributed by atoms with Crippen molar-refractivity contribution in [1.82, 2.24) is 9.13 Å². The van der Waals surface area contributed by atoms with Crippen molar-refractivity contribution in [2.45, 2.75) is 58.4 Å². The molecule has 0 aliphatic carbocycles. The Labute approximate surface area is 162 Å². The number of hydrogen-bond donors (Lipinski definition) is 2. The smallest absolute Gasteiger partial charge is 0.332 e. The van der Waals surface area contributed by atoms with Crippen molar-refractivity contribution in [2.24, 2.45) is 0 Å². The minimum atomic E-state index is -0.321. The monoisotopic (exact) mass is 396 g/mol. The first-order valence-corrected chi connectivity index (χ1v) is 10.4. The Morgan fingerprint density at radius 1 is 1.19 bits per heavy atom. The fourth-order valence-electron chi connectivity index (χ4n) is 3.62. The predicted molar refractivity (Wildman–Crippen MR) is 107 cm³/mol. The van der Waals surface area contributed by atoms with E-state index in [9.17, 15) is 14.7 Å². The van der Waals surface area contributed by atoms with Crippen molar-refractivity contribution in [1.29, 1.82) is 0 Å². The molecule has 0 fully saturated rings. The first-order valence-electron chi connectivity index (χ1n) is 9.57. The molecule has 0 spiro atoms. The Kier molecular flexibility index (Phi) is 5.90. The largest absolute Gasteiger partial charge is 0.396 e. The summed E-state index contributed by atoms with van der Waals surface area (Å²) in [7, 11) is 4.17. The summed E-state index contributed by atoms with van der Waals surface area (Å²) in [6.07, 6.45) is 1.92. The van der Waals surface area contributed by atoms with Crippen LogP contribution in [0.25, 0.3) is 10.2 Å². The van der Waals surface area contributed by atoms with E-state index in [1.807, 2.05) is 13.8 Å². The molecule has 0 unspecified atom stereocenters. The number of aliphatic hydroxyl groups is 1. The number of aliphatic hydroxyl groups excluding tert-OH is 1. The van der Waals surface area contributed by atoms with Crippen molar-refractivity contribution in [3.63, 3.8) is 0 Å². The van der Waals surface area contributed by atoms with Gasteiger partial charge in [0.1, 0.15) is 4.83 Å². The van der Waals surface area contributed by atoms with Crippen LogP contribution in [0.1, 0.15) is 37.1 Å². The highest BCUT2D eigenvalue weighted by Crippen LogP contribution is 2.37. The van der Waals surface area contributed by atoms with Gasteiger partial charge in [0.2, 0.25) is 0 Å². The molecule has 0 atom stereocenters. The molecule has 0 radical (unpaired) electrons. The van der Waals surface area contributed by atoms with Gasteiger partial charge in [0.25, 0.3) is 5.56 Å². The molecule has 1 aliphatic heterocycles. The fraction of sp³-hybridized carbons (Fsp3) is 0.684. The molecule has 3 heterocycles. The molecule has 0 saturated carbocycles. The van der Waals surface area contributed by atoms with Crippen molar-refractivity contribution >= 4 is 21.6 Å². The SMILES string of the molecule is C[NH+](C)CCCn1c(=O)n(CCCO)c(=O)c2c3c(sc21)COC(C)(C)C3. The van der Waals surface area contributed by atoms with Gasteiger partial charge in [-0.2, -0.15) is 0 Å². The van der Waals surface area contributed by atoms with Crippen LogP contribution in [-0.4, -0.2) is 47.1 Å². The zero-order valence-electron chi connectivity index (χ0n) is 16.6. The predicted octanol–water partition coefficient (Wildman–Crippen LogP) is -0.00700. The van der Waals surface area contributed by atoms with Crippen LogP contribution in [0.15, 0.2) is 9.59 Å². The molecule has 0 aromatic carbocycles. The number of nitrogens with zero attached hydrogens (tertiary/aromatic N) is 2. The van der Waals surface area contributed by atoms with Crippen molar-refractivity contribution in [3.05, 3.63) is 31.3 Å². The normalized spacial score (nSPS) is 16.2. The summed E-state index contributed by atoms with van der Waals surface area (Å²) in [6.45, 7) is 6.27. The molecule has 0 bridgehead atoms. The van der Waals surface area contributed by atoms with Gasteiger partial charge in [-0.1, -0.05) is 0 Å². The maximum atomic E-state index is 13.2. The Balaban J connectivity index is 2.18. The van der Waals surface area contributed by atoms with E-state index in [4.69, 9.17) is 4.74 Å². The first kappa shape index (κ1) is 20.3. The van der Waals surface area contributed by atoms with Gasteiger partial charge in [0, 0.05) is 37.4 Å². The van der Waals surface area contributed by atoms with Crippen LogP contribution in [0.3, 0.4) is 0 Å². The topological polar surface area (TPSA) is 77.9 Å². The van der Waals surface area contributed by atoms with E-state index in [1.54, 1.807) is 4.57 Å². The Bertz CT molecular complexity index is 939. The van der Waals surface area contributed by atoms with E-state index in [1.165, 1.54) is 20.8 Å². The minimum absolute atomic E-state index is 0.0451. The van der Waals surface area contributed by atoms with Gasteiger partial charge >= 0.3 is 5.69 Å². The number of ether oxygens (including phenoxy) is 1. The number of nitrogens with one attached hydrogen (secondary N) is 1. The quantitative estimate of drug-likeness (QED) is 0.690. The third kappa shape index (κ3) is 4.03. The van der Waals surface area contributed by atoms with Gasteiger partial charge in [-0.3, -0.25) is 13.9 Å². The summed E-state index contributed by atoms with van der Waals surface area (Å²) in [5.41, 5.74) is 0.209. The lowest BCUT2D eigenvalue weighted by Crippen LogP contribution is -3.05. The van der Waals surface area contributed by atoms with Gasteiger partial charge in [0.15, 0.2) is 0 Å². The zero-order chi connectivity index (χ0) is 19.8. The number of aromatic nitrogens is 2. The molecule has 3 rings (SSSR count). The molecule has 150 valence electrons. The second-order valence-corrected chi connectivity index (χ2v) is 9.27. The molecule has 8 heteroatoms. The number of aryl methyl sites for hydroxylation is 1. The van der Waals surface area contributed by atoms with Gasteiger partial charge < -0.3 is 14.7 Å². The average Bonchev–Trinajstić information content (AvgIpc) is 2.95. The number of fused-ring (bicyclic) bond motifs is 3. The van der Waals surface area contributed by atoms with E-state index in [0.717, 1.165) is 28.2 Å². The van der Waals surface area contributed by atoms with Crippen LogP contribution in [-0.2, 0) is 30.9 Å². The first-order chi connectivity index (χ1) is 12.7. The summed E-state index contributed by atoms with van der Waals surface area (Å²) >= 11 is 1.52. The van der Waals surface area contributed by atoms with Crippen LogP contribution < -0.4 is 16.1 Å². The lowest BCUT2D eigenvalue weighted by molar-refractivity contribution is -0.858.